The molecule has 0 aliphatic carbocycles. The zero-order valence-corrected chi connectivity index (χ0v) is 18.2. The maximum Gasteiger partial charge on any atom is 0.275 e. The highest BCUT2D eigenvalue weighted by atomic mass is 35.5. The smallest absolute Gasteiger partial charge is 0.275 e. The third kappa shape index (κ3) is 5.18. The van der Waals surface area contributed by atoms with Crippen LogP contribution in [0.2, 0.25) is 5.02 Å². The average Bonchev–Trinajstić information content (AvgIpc) is 3.38. The highest BCUT2D eigenvalue weighted by Gasteiger charge is 2.12. The summed E-state index contributed by atoms with van der Waals surface area (Å²) in [7, 11) is 1.89. The first-order valence-corrected chi connectivity index (χ1v) is 10.9. The van der Waals surface area contributed by atoms with Gasteiger partial charge in [-0.2, -0.15) is 0 Å². The van der Waals surface area contributed by atoms with Crippen molar-refractivity contribution in [3.8, 4) is 5.75 Å². The number of hydrogen-bond donors (Lipinski definition) is 1. The molecule has 0 spiro atoms. The largest absolute Gasteiger partial charge is 0.486 e. The minimum Gasteiger partial charge on any atom is -0.486 e. The predicted molar refractivity (Wildman–Crippen MR) is 117 cm³/mol. The molecule has 4 aromatic rings. The maximum absolute atomic E-state index is 12.5. The molecule has 1 N–H and O–H groups in total. The second-order valence-corrected chi connectivity index (χ2v) is 8.59. The molecule has 0 radical (unpaired) electrons. The Morgan fingerprint density at radius 1 is 1.20 bits per heavy atom. The number of rotatable bonds is 7. The molecule has 2 heterocycles. The van der Waals surface area contributed by atoms with Crippen LogP contribution in [0.25, 0.3) is 0 Å². The summed E-state index contributed by atoms with van der Waals surface area (Å²) in [5.74, 6) is 0.428. The molecule has 2 aromatic heterocycles. The van der Waals surface area contributed by atoms with E-state index in [1.807, 2.05) is 35.9 Å². The molecule has 10 heteroatoms. The Hall–Kier alpha value is -2.88. The van der Waals surface area contributed by atoms with E-state index in [0.717, 1.165) is 10.1 Å². The molecule has 0 saturated heterocycles. The quantitative estimate of drug-likeness (QED) is 0.424. The van der Waals surface area contributed by atoms with Crippen molar-refractivity contribution >= 4 is 46.3 Å². The maximum atomic E-state index is 12.5. The fourth-order valence-corrected chi connectivity index (χ4v) is 4.00. The van der Waals surface area contributed by atoms with E-state index in [2.05, 4.69) is 20.5 Å². The Labute approximate surface area is 186 Å². The van der Waals surface area contributed by atoms with Crippen LogP contribution >= 0.6 is 34.7 Å². The summed E-state index contributed by atoms with van der Waals surface area (Å²) in [5, 5.41) is 14.6. The van der Waals surface area contributed by atoms with Crippen LogP contribution in [0.3, 0.4) is 0 Å². The normalized spacial score (nSPS) is 10.7. The molecule has 0 aliphatic heterocycles. The van der Waals surface area contributed by atoms with Gasteiger partial charge in [-0.1, -0.05) is 11.6 Å². The van der Waals surface area contributed by atoms with Crippen molar-refractivity contribution in [1.82, 2.24) is 19.7 Å². The molecule has 0 saturated carbocycles. The number of aryl methyl sites for hydroxylation is 1. The number of carbonyl (C=O) groups excluding carboxylic acids is 1. The highest BCUT2D eigenvalue weighted by Crippen LogP contribution is 2.26. The average molecular weight is 458 g/mol. The number of aromatic nitrogens is 4. The molecular weight excluding hydrogens is 442 g/mol. The van der Waals surface area contributed by atoms with Crippen molar-refractivity contribution < 1.29 is 9.53 Å². The lowest BCUT2D eigenvalue weighted by Crippen LogP contribution is -2.12. The number of thiazole rings is 1. The summed E-state index contributed by atoms with van der Waals surface area (Å²) in [6.45, 7) is 0.285. The van der Waals surface area contributed by atoms with E-state index in [-0.39, 0.29) is 12.5 Å². The Morgan fingerprint density at radius 2 is 1.97 bits per heavy atom. The zero-order valence-electron chi connectivity index (χ0n) is 15.8. The first kappa shape index (κ1) is 20.4. The number of carbonyl (C=O) groups is 1. The van der Waals surface area contributed by atoms with Crippen molar-refractivity contribution in [2.45, 2.75) is 16.7 Å². The lowest BCUT2D eigenvalue weighted by Gasteiger charge is -2.05. The monoisotopic (exact) mass is 457 g/mol. The minimum absolute atomic E-state index is 0.266. The minimum atomic E-state index is -0.266. The summed E-state index contributed by atoms with van der Waals surface area (Å²) in [6.07, 6.45) is 1.65. The van der Waals surface area contributed by atoms with Gasteiger partial charge in [-0.15, -0.1) is 21.5 Å². The topological polar surface area (TPSA) is 81.9 Å². The van der Waals surface area contributed by atoms with Gasteiger partial charge in [-0.3, -0.25) is 4.79 Å². The Bertz CT molecular complexity index is 1140. The second-order valence-electron chi connectivity index (χ2n) is 6.17. The van der Waals surface area contributed by atoms with Crippen molar-refractivity contribution in [3.05, 3.63) is 76.0 Å². The highest BCUT2D eigenvalue weighted by molar-refractivity contribution is 7.99. The Morgan fingerprint density at radius 3 is 2.67 bits per heavy atom. The second kappa shape index (κ2) is 9.29. The van der Waals surface area contributed by atoms with Crippen molar-refractivity contribution in [2.24, 2.45) is 7.05 Å². The fraction of sp³-hybridized carbons (Fsp3) is 0.100. The van der Waals surface area contributed by atoms with E-state index in [4.69, 9.17) is 16.3 Å². The predicted octanol–water partition coefficient (Wildman–Crippen LogP) is 4.91. The van der Waals surface area contributed by atoms with Crippen molar-refractivity contribution in [2.75, 3.05) is 5.32 Å². The molecule has 30 heavy (non-hydrogen) atoms. The summed E-state index contributed by atoms with van der Waals surface area (Å²) < 4.78 is 7.51. The van der Waals surface area contributed by atoms with Crippen LogP contribution in [0.15, 0.2) is 70.3 Å². The van der Waals surface area contributed by atoms with Crippen LogP contribution in [0.4, 0.5) is 5.69 Å². The van der Waals surface area contributed by atoms with Crippen LogP contribution < -0.4 is 10.1 Å². The summed E-state index contributed by atoms with van der Waals surface area (Å²) >= 11 is 8.73. The van der Waals surface area contributed by atoms with Gasteiger partial charge in [-0.05, 0) is 60.3 Å². The van der Waals surface area contributed by atoms with Gasteiger partial charge in [0.15, 0.2) is 5.16 Å². The molecule has 0 atom stereocenters. The Kier molecular flexibility index (Phi) is 6.32. The van der Waals surface area contributed by atoms with Crippen LogP contribution in [0, 0.1) is 0 Å². The summed E-state index contributed by atoms with van der Waals surface area (Å²) in [6, 6.07) is 14.6. The number of halogens is 1. The molecule has 0 bridgehead atoms. The van der Waals surface area contributed by atoms with E-state index >= 15 is 0 Å². The van der Waals surface area contributed by atoms with Gasteiger partial charge in [0.1, 0.15) is 29.4 Å². The van der Waals surface area contributed by atoms with Gasteiger partial charge in [0.25, 0.3) is 5.91 Å². The number of hydrogen-bond acceptors (Lipinski definition) is 7. The summed E-state index contributed by atoms with van der Waals surface area (Å²) in [4.78, 5) is 17.8. The van der Waals surface area contributed by atoms with Gasteiger partial charge in [0.2, 0.25) is 0 Å². The third-order valence-corrected chi connectivity index (χ3v) is 6.09. The molecule has 0 fully saturated rings. The van der Waals surface area contributed by atoms with Crippen LogP contribution in [0.1, 0.15) is 15.5 Å². The SMILES string of the molecule is Cn1cnnc1Sc1ccc(NC(=O)c2csc(COc3ccc(Cl)cc3)n2)cc1. The molecule has 4 rings (SSSR count). The fourth-order valence-electron chi connectivity index (χ4n) is 2.43. The Balaban J connectivity index is 1.32. The van der Waals surface area contributed by atoms with E-state index in [1.54, 1.807) is 36.0 Å². The first-order valence-electron chi connectivity index (χ1n) is 8.83. The van der Waals surface area contributed by atoms with E-state index in [0.29, 0.717) is 27.2 Å². The van der Waals surface area contributed by atoms with Crippen molar-refractivity contribution in [3.63, 3.8) is 0 Å². The molecule has 2 aromatic carbocycles. The standard InChI is InChI=1S/C20H16ClN5O2S2/c1-26-12-22-25-20(26)30-16-8-4-14(5-9-16)23-19(27)17-11-29-18(24-17)10-28-15-6-2-13(21)3-7-15/h2-9,11-12H,10H2,1H3,(H,23,27). The van der Waals surface area contributed by atoms with Gasteiger partial charge in [0, 0.05) is 28.0 Å². The van der Waals surface area contributed by atoms with Crippen molar-refractivity contribution in [1.29, 1.82) is 0 Å². The number of benzene rings is 2. The number of anilines is 1. The molecule has 7 nitrogen and oxygen atoms in total. The van der Waals surface area contributed by atoms with Crippen LogP contribution in [0.5, 0.6) is 5.75 Å². The zero-order chi connectivity index (χ0) is 20.9. The number of ether oxygens (including phenoxy) is 1. The van der Waals surface area contributed by atoms with E-state index < -0.39 is 0 Å². The third-order valence-electron chi connectivity index (χ3n) is 3.95. The van der Waals surface area contributed by atoms with Gasteiger partial charge in [-0.25, -0.2) is 4.98 Å². The number of amides is 1. The molecular formula is C20H16ClN5O2S2. The number of nitrogens with zero attached hydrogens (tertiary/aromatic N) is 4. The lowest BCUT2D eigenvalue weighted by molar-refractivity contribution is 0.102. The lowest BCUT2D eigenvalue weighted by atomic mass is 10.3. The molecule has 152 valence electrons. The van der Waals surface area contributed by atoms with Gasteiger partial charge in [0.05, 0.1) is 0 Å². The van der Waals surface area contributed by atoms with E-state index in [9.17, 15) is 4.79 Å². The molecule has 1 amide bonds. The summed E-state index contributed by atoms with van der Waals surface area (Å²) in [5.41, 5.74) is 1.04. The van der Waals surface area contributed by atoms with Gasteiger partial charge < -0.3 is 14.6 Å². The number of nitrogens with one attached hydrogen (secondary N) is 1. The van der Waals surface area contributed by atoms with E-state index in [1.165, 1.54) is 23.1 Å². The van der Waals surface area contributed by atoms with Gasteiger partial charge >= 0.3 is 0 Å². The molecule has 0 unspecified atom stereocenters. The molecule has 0 aliphatic rings. The first-order chi connectivity index (χ1) is 14.6. The van der Waals surface area contributed by atoms with Crippen LogP contribution in [-0.4, -0.2) is 25.7 Å². The van der Waals surface area contributed by atoms with Crippen LogP contribution in [-0.2, 0) is 13.7 Å².